The molecule has 0 spiro atoms. The van der Waals surface area contributed by atoms with Crippen LogP contribution in [-0.4, -0.2) is 15.0 Å². The number of pyridine rings is 1. The average molecular weight is 283 g/mol. The van der Waals surface area contributed by atoms with Crippen molar-refractivity contribution in [2.45, 2.75) is 11.8 Å². The second kappa shape index (κ2) is 4.47. The lowest BCUT2D eigenvalue weighted by Crippen LogP contribution is -1.99. The first-order valence-corrected chi connectivity index (χ1v) is 4.80. The van der Waals surface area contributed by atoms with Gasteiger partial charge in [-0.2, -0.15) is 0 Å². The number of aromatic nitrogens is 1. The van der Waals surface area contributed by atoms with Gasteiger partial charge >= 0.3 is 5.69 Å². The Kier molecular flexibility index (Phi) is 3.51. The second-order valence-electron chi connectivity index (χ2n) is 2.55. The molecule has 1 N–H and O–H groups in total. The molecule has 0 amide bonds. The zero-order chi connectivity index (χ0) is 11.6. The van der Waals surface area contributed by atoms with E-state index in [1.54, 1.807) is 0 Å². The Morgan fingerprint density at radius 3 is 2.67 bits per heavy atom. The Labute approximate surface area is 91.0 Å². The van der Waals surface area contributed by atoms with E-state index in [4.69, 9.17) is 0 Å². The minimum Gasteiger partial charge on any atom is -0.501 e. The molecule has 0 radical (unpaired) electrons. The topological polar surface area (TPSA) is 76.3 Å². The van der Waals surface area contributed by atoms with E-state index in [1.807, 2.05) is 0 Å². The summed E-state index contributed by atoms with van der Waals surface area (Å²) in [6.45, 7) is 0. The van der Waals surface area contributed by atoms with Gasteiger partial charge in [0.05, 0.1) is 4.92 Å². The van der Waals surface area contributed by atoms with E-state index < -0.39 is 28.5 Å². The number of aromatic hydroxyl groups is 1. The van der Waals surface area contributed by atoms with Crippen molar-refractivity contribution in [3.05, 3.63) is 27.6 Å². The molecule has 5 nitrogen and oxygen atoms in total. The van der Waals surface area contributed by atoms with Gasteiger partial charge in [0.15, 0.2) is 0 Å². The van der Waals surface area contributed by atoms with E-state index >= 15 is 0 Å². The molecule has 0 fully saturated rings. The summed E-state index contributed by atoms with van der Waals surface area (Å²) < 4.78 is 24.6. The molecule has 1 heterocycles. The SMILES string of the molecule is O=[N+]([O-])c1cc(C(F)F)nc(CBr)c1O. The van der Waals surface area contributed by atoms with Crippen LogP contribution in [0.15, 0.2) is 6.07 Å². The van der Waals surface area contributed by atoms with E-state index in [1.165, 1.54) is 0 Å². The maximum Gasteiger partial charge on any atom is 0.314 e. The molecule has 0 aliphatic carbocycles. The summed E-state index contributed by atoms with van der Waals surface area (Å²) in [5.41, 5.74) is -1.68. The van der Waals surface area contributed by atoms with Gasteiger partial charge in [0.1, 0.15) is 11.4 Å². The van der Waals surface area contributed by atoms with E-state index in [0.717, 1.165) is 0 Å². The highest BCUT2D eigenvalue weighted by atomic mass is 79.9. The Morgan fingerprint density at radius 2 is 2.27 bits per heavy atom. The van der Waals surface area contributed by atoms with Crippen LogP contribution in [0.25, 0.3) is 0 Å². The first kappa shape index (κ1) is 11.8. The fourth-order valence-electron chi connectivity index (χ4n) is 0.941. The molecule has 8 heteroatoms. The van der Waals surface area contributed by atoms with Crippen LogP contribution in [0.2, 0.25) is 0 Å². The lowest BCUT2D eigenvalue weighted by molar-refractivity contribution is -0.386. The van der Waals surface area contributed by atoms with Crippen molar-refractivity contribution in [3.63, 3.8) is 0 Å². The molecule has 1 aromatic heterocycles. The predicted molar refractivity (Wildman–Crippen MR) is 50.1 cm³/mol. The fraction of sp³-hybridized carbons (Fsp3) is 0.286. The van der Waals surface area contributed by atoms with Crippen molar-refractivity contribution in [2.24, 2.45) is 0 Å². The molecule has 0 aliphatic rings. The van der Waals surface area contributed by atoms with Crippen LogP contribution in [0, 0.1) is 10.1 Å². The summed E-state index contributed by atoms with van der Waals surface area (Å²) in [4.78, 5) is 12.9. The van der Waals surface area contributed by atoms with Crippen LogP contribution in [0.1, 0.15) is 17.8 Å². The summed E-state index contributed by atoms with van der Waals surface area (Å²) in [7, 11) is 0. The summed E-state index contributed by atoms with van der Waals surface area (Å²) >= 11 is 2.88. The summed E-state index contributed by atoms with van der Waals surface area (Å²) in [5.74, 6) is -0.693. The van der Waals surface area contributed by atoms with Crippen LogP contribution in [0.3, 0.4) is 0 Å². The molecular weight excluding hydrogens is 278 g/mol. The number of rotatable bonds is 3. The first-order chi connectivity index (χ1) is 6.97. The van der Waals surface area contributed by atoms with Gasteiger partial charge in [-0.05, 0) is 0 Å². The van der Waals surface area contributed by atoms with E-state index in [9.17, 15) is 24.0 Å². The molecule has 0 saturated carbocycles. The smallest absolute Gasteiger partial charge is 0.314 e. The lowest BCUT2D eigenvalue weighted by atomic mass is 10.2. The van der Waals surface area contributed by atoms with Crippen molar-refractivity contribution >= 4 is 21.6 Å². The molecule has 15 heavy (non-hydrogen) atoms. The van der Waals surface area contributed by atoms with Gasteiger partial charge < -0.3 is 5.11 Å². The van der Waals surface area contributed by atoms with Crippen LogP contribution < -0.4 is 0 Å². The third kappa shape index (κ3) is 2.38. The fourth-order valence-corrected chi connectivity index (χ4v) is 1.33. The third-order valence-electron chi connectivity index (χ3n) is 1.61. The highest BCUT2D eigenvalue weighted by molar-refractivity contribution is 9.08. The normalized spacial score (nSPS) is 10.7. The molecule has 1 rings (SSSR count). The van der Waals surface area contributed by atoms with E-state index in [2.05, 4.69) is 20.9 Å². The monoisotopic (exact) mass is 282 g/mol. The Balaban J connectivity index is 3.38. The first-order valence-electron chi connectivity index (χ1n) is 3.68. The van der Waals surface area contributed by atoms with Gasteiger partial charge in [0, 0.05) is 11.4 Å². The quantitative estimate of drug-likeness (QED) is 0.525. The molecule has 1 aromatic rings. The van der Waals surface area contributed by atoms with E-state index in [-0.39, 0.29) is 11.0 Å². The molecule has 82 valence electrons. The average Bonchev–Trinajstić information content (AvgIpc) is 2.17. The number of nitrogens with zero attached hydrogens (tertiary/aromatic N) is 2. The summed E-state index contributed by atoms with van der Waals surface area (Å²) in [6, 6.07) is 0.562. The molecule has 0 aromatic carbocycles. The number of hydrogen-bond acceptors (Lipinski definition) is 4. The minimum atomic E-state index is -2.91. The van der Waals surface area contributed by atoms with Gasteiger partial charge in [-0.3, -0.25) is 10.1 Å². The number of halogens is 3. The molecule has 0 aliphatic heterocycles. The highest BCUT2D eigenvalue weighted by Gasteiger charge is 2.23. The Morgan fingerprint density at radius 1 is 1.67 bits per heavy atom. The second-order valence-corrected chi connectivity index (χ2v) is 3.11. The van der Waals surface area contributed by atoms with Crippen molar-refractivity contribution in [1.29, 1.82) is 0 Å². The van der Waals surface area contributed by atoms with Crippen LogP contribution in [-0.2, 0) is 5.33 Å². The lowest BCUT2D eigenvalue weighted by Gasteiger charge is -2.04. The number of hydrogen-bond donors (Lipinski definition) is 1. The molecular formula is C7H5BrF2N2O3. The zero-order valence-corrected chi connectivity index (χ0v) is 8.74. The standard InChI is InChI=1S/C7H5BrF2N2O3/c8-2-4-6(13)5(12(14)15)1-3(11-4)7(9)10/h1,7,13H,2H2. The van der Waals surface area contributed by atoms with Crippen molar-refractivity contribution in [1.82, 2.24) is 4.98 Å². The minimum absolute atomic E-state index is 0.0414. The molecule has 0 atom stereocenters. The predicted octanol–water partition coefficient (Wildman–Crippen LogP) is 2.53. The van der Waals surface area contributed by atoms with Gasteiger partial charge in [0.25, 0.3) is 6.43 Å². The van der Waals surface area contributed by atoms with Crippen LogP contribution >= 0.6 is 15.9 Å². The Hall–Kier alpha value is -1.31. The summed E-state index contributed by atoms with van der Waals surface area (Å²) in [5, 5.41) is 19.7. The number of alkyl halides is 3. The van der Waals surface area contributed by atoms with Crippen molar-refractivity contribution in [2.75, 3.05) is 0 Å². The van der Waals surface area contributed by atoms with E-state index in [0.29, 0.717) is 6.07 Å². The van der Waals surface area contributed by atoms with Crippen molar-refractivity contribution in [3.8, 4) is 5.75 Å². The molecule has 0 saturated heterocycles. The summed E-state index contributed by atoms with van der Waals surface area (Å²) in [6.07, 6.45) is -2.91. The van der Waals surface area contributed by atoms with Gasteiger partial charge in [-0.15, -0.1) is 0 Å². The van der Waals surface area contributed by atoms with Crippen LogP contribution in [0.5, 0.6) is 5.75 Å². The molecule has 0 unspecified atom stereocenters. The van der Waals surface area contributed by atoms with Crippen molar-refractivity contribution < 1.29 is 18.8 Å². The zero-order valence-electron chi connectivity index (χ0n) is 7.15. The number of nitro groups is 1. The maximum atomic E-state index is 12.3. The van der Waals surface area contributed by atoms with Crippen LogP contribution in [0.4, 0.5) is 14.5 Å². The third-order valence-corrected chi connectivity index (χ3v) is 2.14. The van der Waals surface area contributed by atoms with Gasteiger partial charge in [0.2, 0.25) is 5.75 Å². The Bertz CT molecular complexity index is 400. The highest BCUT2D eigenvalue weighted by Crippen LogP contribution is 2.33. The largest absolute Gasteiger partial charge is 0.501 e. The maximum absolute atomic E-state index is 12.3. The molecule has 0 bridgehead atoms. The van der Waals surface area contributed by atoms with Gasteiger partial charge in [-0.1, -0.05) is 15.9 Å². The van der Waals surface area contributed by atoms with Gasteiger partial charge in [-0.25, -0.2) is 13.8 Å².